The molecule has 1 N–H and O–H groups in total. The summed E-state index contributed by atoms with van der Waals surface area (Å²) in [5, 5.41) is 20.3. The third kappa shape index (κ3) is 2.16. The Morgan fingerprint density at radius 3 is 2.62 bits per heavy atom. The predicted octanol–water partition coefficient (Wildman–Crippen LogP) is 0.859. The van der Waals surface area contributed by atoms with Gasteiger partial charge in [-0.3, -0.25) is 9.78 Å². The molecule has 0 aliphatic heterocycles. The van der Waals surface area contributed by atoms with Crippen LogP contribution in [0.5, 0.6) is 0 Å². The Balaban J connectivity index is 2.79. The van der Waals surface area contributed by atoms with Crippen molar-refractivity contribution in [3.63, 3.8) is 0 Å². The number of hydrogen-bond donors (Lipinski definition) is 1. The molecule has 0 aliphatic rings. The molecule has 0 saturated carbocycles. The largest absolute Gasteiger partial charge is 0.758 e. The quantitative estimate of drug-likeness (QED) is 0.700. The van der Waals surface area contributed by atoms with Crippen molar-refractivity contribution < 1.29 is 9.90 Å². The van der Waals surface area contributed by atoms with Gasteiger partial charge in [0.15, 0.2) is 0 Å². The summed E-state index contributed by atoms with van der Waals surface area (Å²) in [5.74, 6) is -1.15. The number of carbonyl (C=O) groups is 1. The van der Waals surface area contributed by atoms with E-state index in [1.54, 1.807) is 0 Å². The van der Waals surface area contributed by atoms with Crippen LogP contribution in [0.3, 0.4) is 0 Å². The Labute approximate surface area is 75.2 Å². The summed E-state index contributed by atoms with van der Waals surface area (Å²) in [6, 6.07) is 1.85. The summed E-state index contributed by atoms with van der Waals surface area (Å²) in [6.45, 7) is 1.33. The van der Waals surface area contributed by atoms with E-state index in [1.165, 1.54) is 31.5 Å². The number of nitrogens with zero attached hydrogens (tertiary/aromatic N) is 2. The van der Waals surface area contributed by atoms with E-state index in [2.05, 4.69) is 4.98 Å². The summed E-state index contributed by atoms with van der Waals surface area (Å²) in [6.07, 6.45) is 2.88. The molecular formula is C8H9N2O3-. The molecule has 0 aliphatic carbocycles. The van der Waals surface area contributed by atoms with Crippen LogP contribution in [0.25, 0.3) is 0 Å². The third-order valence-electron chi connectivity index (χ3n) is 1.63. The fourth-order valence-corrected chi connectivity index (χ4v) is 0.815. The lowest BCUT2D eigenvalue weighted by molar-refractivity contribution is -0.138. The highest BCUT2D eigenvalue weighted by Crippen LogP contribution is 2.13. The van der Waals surface area contributed by atoms with Gasteiger partial charge in [0.25, 0.3) is 0 Å². The minimum Gasteiger partial charge on any atom is -0.758 e. The molecule has 5 heteroatoms. The molecule has 0 fully saturated rings. The van der Waals surface area contributed by atoms with E-state index in [9.17, 15) is 10.0 Å². The first-order valence-corrected chi connectivity index (χ1v) is 3.72. The molecule has 1 atom stereocenters. The summed E-state index contributed by atoms with van der Waals surface area (Å²) in [7, 11) is 0. The van der Waals surface area contributed by atoms with Gasteiger partial charge in [0, 0.05) is 18.1 Å². The Morgan fingerprint density at radius 1 is 1.62 bits per heavy atom. The summed E-state index contributed by atoms with van der Waals surface area (Å²) in [4.78, 5) is 14.2. The monoisotopic (exact) mass is 181 g/mol. The molecule has 0 bridgehead atoms. The van der Waals surface area contributed by atoms with E-state index >= 15 is 0 Å². The van der Waals surface area contributed by atoms with Crippen LogP contribution in [0.15, 0.2) is 24.5 Å². The highest BCUT2D eigenvalue weighted by molar-refractivity contribution is 5.77. The first kappa shape index (κ1) is 9.47. The zero-order valence-corrected chi connectivity index (χ0v) is 7.04. The van der Waals surface area contributed by atoms with E-state index in [0.717, 1.165) is 0 Å². The molecule has 70 valence electrons. The van der Waals surface area contributed by atoms with Gasteiger partial charge >= 0.3 is 5.97 Å². The molecule has 5 nitrogen and oxygen atoms in total. The maximum Gasteiger partial charge on any atom is 0.325 e. The van der Waals surface area contributed by atoms with Crippen molar-refractivity contribution in [1.29, 1.82) is 0 Å². The number of hydroxylamine groups is 1. The molecule has 1 aromatic rings. The molecule has 0 saturated heterocycles. The van der Waals surface area contributed by atoms with Crippen LogP contribution >= 0.6 is 0 Å². The summed E-state index contributed by atoms with van der Waals surface area (Å²) >= 11 is 0. The number of carboxylic acid groups (broad SMARTS) is 1. The average Bonchev–Trinajstić information content (AvgIpc) is 2.17. The lowest BCUT2D eigenvalue weighted by atomic mass is 10.3. The van der Waals surface area contributed by atoms with Crippen LogP contribution in [-0.2, 0) is 4.79 Å². The summed E-state index contributed by atoms with van der Waals surface area (Å²) in [5.41, 5.74) is 0.296. The van der Waals surface area contributed by atoms with E-state index in [1.807, 2.05) is 0 Å². The van der Waals surface area contributed by atoms with Gasteiger partial charge in [-0.1, -0.05) is 0 Å². The summed E-state index contributed by atoms with van der Waals surface area (Å²) < 4.78 is 0. The standard InChI is InChI=1S/C8H9N2O3/c1-6(8(11)12)10(13)7-2-4-9-5-3-7/h2-6H,1H3,(H,11,12)/q-1/t6-/m0/s1. The van der Waals surface area contributed by atoms with Crippen LogP contribution in [0.1, 0.15) is 6.92 Å². The number of hydrogen-bond acceptors (Lipinski definition) is 4. The fourth-order valence-electron chi connectivity index (χ4n) is 0.815. The number of aromatic nitrogens is 1. The van der Waals surface area contributed by atoms with Crippen LogP contribution in [0, 0.1) is 5.21 Å². The molecule has 0 amide bonds. The molecule has 1 aromatic heterocycles. The van der Waals surface area contributed by atoms with Crippen molar-refractivity contribution in [2.75, 3.05) is 5.06 Å². The molecule has 0 unspecified atom stereocenters. The first-order valence-electron chi connectivity index (χ1n) is 3.72. The Kier molecular flexibility index (Phi) is 2.81. The van der Waals surface area contributed by atoms with Gasteiger partial charge in [0.1, 0.15) is 6.04 Å². The van der Waals surface area contributed by atoms with Crippen LogP contribution in [0.4, 0.5) is 5.69 Å². The van der Waals surface area contributed by atoms with E-state index < -0.39 is 12.0 Å². The second-order valence-corrected chi connectivity index (χ2v) is 2.55. The van der Waals surface area contributed by atoms with Gasteiger partial charge in [0.2, 0.25) is 0 Å². The fraction of sp³-hybridized carbons (Fsp3) is 0.250. The van der Waals surface area contributed by atoms with Crippen molar-refractivity contribution in [3.8, 4) is 0 Å². The smallest absolute Gasteiger partial charge is 0.325 e. The Bertz CT molecular complexity index is 289. The van der Waals surface area contributed by atoms with Crippen LogP contribution < -0.4 is 5.06 Å². The van der Waals surface area contributed by atoms with Gasteiger partial charge in [-0.05, 0) is 19.1 Å². The highest BCUT2D eigenvalue weighted by atomic mass is 16.5. The molecule has 1 heterocycles. The average molecular weight is 181 g/mol. The maximum absolute atomic E-state index is 11.3. The highest BCUT2D eigenvalue weighted by Gasteiger charge is 2.12. The lowest BCUT2D eigenvalue weighted by Gasteiger charge is -2.34. The normalized spacial score (nSPS) is 12.2. The van der Waals surface area contributed by atoms with Gasteiger partial charge in [0.05, 0.1) is 0 Å². The molecule has 1 rings (SSSR count). The minimum absolute atomic E-state index is 0.296. The number of pyridine rings is 1. The number of carboxylic acids is 1. The molecule has 13 heavy (non-hydrogen) atoms. The van der Waals surface area contributed by atoms with Crippen molar-refractivity contribution in [2.24, 2.45) is 0 Å². The van der Waals surface area contributed by atoms with E-state index in [-0.39, 0.29) is 0 Å². The van der Waals surface area contributed by atoms with Gasteiger partial charge in [-0.15, -0.1) is 0 Å². The van der Waals surface area contributed by atoms with Gasteiger partial charge < -0.3 is 15.4 Å². The molecule has 0 radical (unpaired) electrons. The second-order valence-electron chi connectivity index (χ2n) is 2.55. The van der Waals surface area contributed by atoms with E-state index in [0.29, 0.717) is 10.8 Å². The topological polar surface area (TPSA) is 76.5 Å². The first-order chi connectivity index (χ1) is 6.13. The molecular weight excluding hydrogens is 172 g/mol. The zero-order chi connectivity index (χ0) is 9.84. The number of aliphatic carboxylic acids is 1. The van der Waals surface area contributed by atoms with Crippen molar-refractivity contribution in [1.82, 2.24) is 4.98 Å². The lowest BCUT2D eigenvalue weighted by Crippen LogP contribution is -2.34. The Morgan fingerprint density at radius 2 is 2.15 bits per heavy atom. The van der Waals surface area contributed by atoms with Crippen molar-refractivity contribution in [3.05, 3.63) is 29.7 Å². The van der Waals surface area contributed by atoms with Crippen LogP contribution in [0.2, 0.25) is 0 Å². The van der Waals surface area contributed by atoms with Crippen LogP contribution in [-0.4, -0.2) is 22.1 Å². The Hall–Kier alpha value is -1.62. The van der Waals surface area contributed by atoms with Crippen molar-refractivity contribution >= 4 is 11.7 Å². The predicted molar refractivity (Wildman–Crippen MR) is 47.2 cm³/mol. The van der Waals surface area contributed by atoms with Gasteiger partial charge in [-0.2, -0.15) is 0 Å². The van der Waals surface area contributed by atoms with Crippen molar-refractivity contribution in [2.45, 2.75) is 13.0 Å². The third-order valence-corrected chi connectivity index (χ3v) is 1.63. The van der Waals surface area contributed by atoms with E-state index in [4.69, 9.17) is 5.11 Å². The molecule has 0 aromatic carbocycles. The second kappa shape index (κ2) is 3.86. The molecule has 0 spiro atoms. The number of rotatable bonds is 3. The maximum atomic E-state index is 11.3. The minimum atomic E-state index is -1.15. The SMILES string of the molecule is C[C@@H](C(=O)O)N([O-])c1ccncc1. The number of anilines is 1. The zero-order valence-electron chi connectivity index (χ0n) is 7.04. The van der Waals surface area contributed by atoms with Gasteiger partial charge in [-0.25, -0.2) is 0 Å².